The average Bonchev–Trinajstić information content (AvgIpc) is 3.51. The minimum absolute atomic E-state index is 0.0529. The number of carbonyl (C=O) groups is 2. The van der Waals surface area contributed by atoms with Crippen molar-refractivity contribution in [3.63, 3.8) is 0 Å². The van der Waals surface area contributed by atoms with Crippen LogP contribution in [0.15, 0.2) is 41.4 Å². The molecule has 10 heteroatoms. The maximum atomic E-state index is 13.2. The molecule has 1 aromatic carbocycles. The van der Waals surface area contributed by atoms with Crippen LogP contribution in [-0.4, -0.2) is 60.6 Å². The Hall–Kier alpha value is -2.36. The molecule has 2 N–H and O–H groups in total. The number of nitrogens with zero attached hydrogens (tertiary/aromatic N) is 2. The van der Waals surface area contributed by atoms with Gasteiger partial charge in [-0.1, -0.05) is 29.8 Å². The summed E-state index contributed by atoms with van der Waals surface area (Å²) in [5.74, 6) is -0.811. The van der Waals surface area contributed by atoms with E-state index in [0.717, 1.165) is 18.4 Å². The second-order valence-corrected chi connectivity index (χ2v) is 10.6. The predicted molar refractivity (Wildman–Crippen MR) is 121 cm³/mol. The summed E-state index contributed by atoms with van der Waals surface area (Å²) in [4.78, 5) is 29.8. The SMILES string of the molecule is O=C(NCc1ccccc1Cl)[C@@H]1CCCN(S(=O)(=O)c2c[nH]c(C(=O)N3CCCC3)c2)C1. The number of rotatable bonds is 6. The molecular formula is C22H27ClN4O4S. The largest absolute Gasteiger partial charge is 0.356 e. The van der Waals surface area contributed by atoms with Gasteiger partial charge in [0.05, 0.1) is 5.92 Å². The third kappa shape index (κ3) is 4.84. The van der Waals surface area contributed by atoms with E-state index < -0.39 is 15.9 Å². The highest BCUT2D eigenvalue weighted by molar-refractivity contribution is 7.89. The molecule has 2 aromatic rings. The van der Waals surface area contributed by atoms with Crippen LogP contribution in [0.3, 0.4) is 0 Å². The van der Waals surface area contributed by atoms with Crippen molar-refractivity contribution in [1.29, 1.82) is 0 Å². The molecule has 0 aliphatic carbocycles. The quantitative estimate of drug-likeness (QED) is 0.666. The topological polar surface area (TPSA) is 103 Å². The summed E-state index contributed by atoms with van der Waals surface area (Å²) in [5, 5.41) is 3.45. The molecule has 4 rings (SSSR count). The first-order chi connectivity index (χ1) is 15.4. The summed E-state index contributed by atoms with van der Waals surface area (Å²) in [6.45, 7) is 2.13. The maximum absolute atomic E-state index is 13.2. The van der Waals surface area contributed by atoms with Gasteiger partial charge in [0.1, 0.15) is 10.6 Å². The van der Waals surface area contributed by atoms with Crippen LogP contribution in [-0.2, 0) is 21.4 Å². The highest BCUT2D eigenvalue weighted by atomic mass is 35.5. The standard InChI is InChI=1S/C22H27ClN4O4S/c23-19-8-2-1-6-16(19)13-25-21(28)17-7-5-11-27(15-17)32(30,31)18-12-20(24-14-18)22(29)26-9-3-4-10-26/h1-2,6,8,12,14,17,24H,3-5,7,9-11,13,15H2,(H,25,28)/t17-/m1/s1. The molecule has 2 saturated heterocycles. The van der Waals surface area contributed by atoms with Crippen molar-refractivity contribution in [2.45, 2.75) is 37.1 Å². The van der Waals surface area contributed by atoms with Gasteiger partial charge in [0.2, 0.25) is 15.9 Å². The summed E-state index contributed by atoms with van der Waals surface area (Å²) >= 11 is 6.14. The third-order valence-corrected chi connectivity index (χ3v) is 8.30. The molecule has 0 spiro atoms. The van der Waals surface area contributed by atoms with E-state index in [1.165, 1.54) is 16.6 Å². The van der Waals surface area contributed by atoms with Gasteiger partial charge >= 0.3 is 0 Å². The highest BCUT2D eigenvalue weighted by Crippen LogP contribution is 2.25. The zero-order valence-electron chi connectivity index (χ0n) is 17.7. The summed E-state index contributed by atoms with van der Waals surface area (Å²) < 4.78 is 27.7. The van der Waals surface area contributed by atoms with E-state index in [1.807, 2.05) is 18.2 Å². The smallest absolute Gasteiger partial charge is 0.270 e. The van der Waals surface area contributed by atoms with Crippen molar-refractivity contribution in [3.05, 3.63) is 52.8 Å². The molecule has 2 aliphatic rings. The number of H-pyrrole nitrogens is 1. The van der Waals surface area contributed by atoms with Gasteiger partial charge in [-0.05, 0) is 43.4 Å². The molecule has 1 aromatic heterocycles. The minimum Gasteiger partial charge on any atom is -0.356 e. The molecule has 0 unspecified atom stereocenters. The second-order valence-electron chi connectivity index (χ2n) is 8.26. The summed E-state index contributed by atoms with van der Waals surface area (Å²) in [5.41, 5.74) is 1.09. The van der Waals surface area contributed by atoms with Crippen molar-refractivity contribution < 1.29 is 18.0 Å². The van der Waals surface area contributed by atoms with Gasteiger partial charge in [0, 0.05) is 43.9 Å². The molecule has 1 atom stereocenters. The Morgan fingerprint density at radius 3 is 2.62 bits per heavy atom. The first-order valence-electron chi connectivity index (χ1n) is 10.9. The number of hydrogen-bond acceptors (Lipinski definition) is 4. The lowest BCUT2D eigenvalue weighted by atomic mass is 9.99. The number of carbonyl (C=O) groups excluding carboxylic acids is 2. The number of piperidine rings is 1. The Balaban J connectivity index is 1.40. The lowest BCUT2D eigenvalue weighted by molar-refractivity contribution is -0.126. The highest BCUT2D eigenvalue weighted by Gasteiger charge is 2.34. The van der Waals surface area contributed by atoms with E-state index in [0.29, 0.717) is 44.0 Å². The Labute approximate surface area is 193 Å². The summed E-state index contributed by atoms with van der Waals surface area (Å²) in [6.07, 6.45) is 4.50. The first kappa shape index (κ1) is 22.8. The van der Waals surface area contributed by atoms with Crippen LogP contribution < -0.4 is 5.32 Å². The zero-order valence-corrected chi connectivity index (χ0v) is 19.3. The fraction of sp³-hybridized carbons (Fsp3) is 0.455. The van der Waals surface area contributed by atoms with Crippen LogP contribution in [0.1, 0.15) is 41.7 Å². The van der Waals surface area contributed by atoms with Crippen LogP contribution in [0.25, 0.3) is 0 Å². The number of hydrogen-bond donors (Lipinski definition) is 2. The third-order valence-electron chi connectivity index (χ3n) is 6.08. The number of sulfonamides is 1. The fourth-order valence-electron chi connectivity index (χ4n) is 4.23. The van der Waals surface area contributed by atoms with E-state index in [4.69, 9.17) is 11.6 Å². The Kier molecular flexibility index (Phi) is 6.88. The number of halogens is 1. The molecular weight excluding hydrogens is 452 g/mol. The normalized spacial score (nSPS) is 19.8. The van der Waals surface area contributed by atoms with Crippen molar-refractivity contribution >= 4 is 33.4 Å². The van der Waals surface area contributed by atoms with Crippen LogP contribution in [0.4, 0.5) is 0 Å². The molecule has 32 heavy (non-hydrogen) atoms. The number of aromatic amines is 1. The molecule has 2 fully saturated rings. The molecule has 0 bridgehead atoms. The molecule has 2 amide bonds. The molecule has 0 saturated carbocycles. The van der Waals surface area contributed by atoms with Crippen molar-refractivity contribution in [3.8, 4) is 0 Å². The van der Waals surface area contributed by atoms with Gasteiger partial charge in [0.15, 0.2) is 0 Å². The lowest BCUT2D eigenvalue weighted by Gasteiger charge is -2.31. The zero-order chi connectivity index (χ0) is 22.7. The van der Waals surface area contributed by atoms with E-state index in [1.54, 1.807) is 11.0 Å². The van der Waals surface area contributed by atoms with Gasteiger partial charge in [0.25, 0.3) is 5.91 Å². The number of amides is 2. The molecule has 2 aliphatic heterocycles. The van der Waals surface area contributed by atoms with Crippen molar-refractivity contribution in [1.82, 2.24) is 19.5 Å². The molecule has 8 nitrogen and oxygen atoms in total. The van der Waals surface area contributed by atoms with Gasteiger partial charge in [-0.15, -0.1) is 0 Å². The van der Waals surface area contributed by atoms with E-state index in [2.05, 4.69) is 10.3 Å². The van der Waals surface area contributed by atoms with Gasteiger partial charge < -0.3 is 15.2 Å². The summed E-state index contributed by atoms with van der Waals surface area (Å²) in [7, 11) is -3.81. The molecule has 0 radical (unpaired) electrons. The Morgan fingerprint density at radius 1 is 1.12 bits per heavy atom. The Morgan fingerprint density at radius 2 is 1.88 bits per heavy atom. The monoisotopic (exact) mass is 478 g/mol. The first-order valence-corrected chi connectivity index (χ1v) is 12.7. The Bertz CT molecular complexity index is 1090. The summed E-state index contributed by atoms with van der Waals surface area (Å²) in [6, 6.07) is 8.67. The van der Waals surface area contributed by atoms with Crippen LogP contribution in [0.2, 0.25) is 5.02 Å². The molecule has 3 heterocycles. The van der Waals surface area contributed by atoms with E-state index >= 15 is 0 Å². The van der Waals surface area contributed by atoms with Crippen LogP contribution >= 0.6 is 11.6 Å². The van der Waals surface area contributed by atoms with Gasteiger partial charge in [-0.2, -0.15) is 4.31 Å². The number of benzene rings is 1. The maximum Gasteiger partial charge on any atom is 0.270 e. The van der Waals surface area contributed by atoms with Crippen molar-refractivity contribution in [2.75, 3.05) is 26.2 Å². The van der Waals surface area contributed by atoms with E-state index in [9.17, 15) is 18.0 Å². The van der Waals surface area contributed by atoms with E-state index in [-0.39, 0.29) is 28.9 Å². The average molecular weight is 479 g/mol. The fourth-order valence-corrected chi connectivity index (χ4v) is 5.95. The predicted octanol–water partition coefficient (Wildman–Crippen LogP) is 2.62. The minimum atomic E-state index is -3.81. The van der Waals surface area contributed by atoms with Gasteiger partial charge in [-0.3, -0.25) is 9.59 Å². The second kappa shape index (κ2) is 9.64. The van der Waals surface area contributed by atoms with Gasteiger partial charge in [-0.25, -0.2) is 8.42 Å². The van der Waals surface area contributed by atoms with Crippen molar-refractivity contribution in [2.24, 2.45) is 5.92 Å². The van der Waals surface area contributed by atoms with Crippen LogP contribution in [0, 0.1) is 5.92 Å². The number of nitrogens with one attached hydrogen (secondary N) is 2. The number of likely N-dealkylation sites (tertiary alicyclic amines) is 1. The molecule has 172 valence electrons. The number of aromatic nitrogens is 1. The lowest BCUT2D eigenvalue weighted by Crippen LogP contribution is -2.45. The van der Waals surface area contributed by atoms with Crippen LogP contribution in [0.5, 0.6) is 0 Å².